The number of carboxylic acid groups (broad SMARTS) is 1. The average Bonchev–Trinajstić information content (AvgIpc) is 1.65. The van der Waals surface area contributed by atoms with Crippen LogP contribution in [0.3, 0.4) is 0 Å². The van der Waals surface area contributed by atoms with Gasteiger partial charge in [0.1, 0.15) is 0 Å². The molecule has 0 heterocycles. The van der Waals surface area contributed by atoms with E-state index in [4.69, 9.17) is 5.11 Å². The van der Waals surface area contributed by atoms with E-state index < -0.39 is 5.97 Å². The van der Waals surface area contributed by atoms with Crippen molar-refractivity contribution in [2.24, 2.45) is 11.7 Å². The quantitative estimate of drug-likeness (QED) is 0.553. The van der Waals surface area contributed by atoms with Crippen LogP contribution in [0.5, 0.6) is 0 Å². The molecule has 0 saturated heterocycles. The van der Waals surface area contributed by atoms with E-state index in [-0.39, 0.29) is 6.54 Å². The molecule has 0 saturated carbocycles. The zero-order chi connectivity index (χ0) is 7.86. The highest BCUT2D eigenvalue weighted by Gasteiger charge is 1.81. The SMILES string of the molecule is CC(C)C.NCC(=O)O. The van der Waals surface area contributed by atoms with Crippen LogP contribution in [0.4, 0.5) is 0 Å². The van der Waals surface area contributed by atoms with Crippen LogP contribution in [-0.4, -0.2) is 17.6 Å². The van der Waals surface area contributed by atoms with E-state index in [1.165, 1.54) is 0 Å². The predicted octanol–water partition coefficient (Wildman–Crippen LogP) is 0.692. The molecule has 0 aliphatic carbocycles. The van der Waals surface area contributed by atoms with Crippen LogP contribution < -0.4 is 5.73 Å². The summed E-state index contributed by atoms with van der Waals surface area (Å²) >= 11 is 0. The molecule has 0 unspecified atom stereocenters. The third-order valence-electron chi connectivity index (χ3n) is 0.175. The molecule has 0 spiro atoms. The van der Waals surface area contributed by atoms with Gasteiger partial charge in [0.25, 0.3) is 0 Å². The van der Waals surface area contributed by atoms with Crippen molar-refractivity contribution >= 4 is 5.97 Å². The Morgan fingerprint density at radius 2 is 1.67 bits per heavy atom. The minimum Gasteiger partial charge on any atom is -0.480 e. The van der Waals surface area contributed by atoms with E-state index >= 15 is 0 Å². The maximum absolute atomic E-state index is 9.24. The Labute approximate surface area is 55.9 Å². The standard InChI is InChI=1S/C4H10.C2H5NO2/c1-4(2)3;3-1-2(4)5/h4H,1-3H3;1,3H2,(H,4,5). The van der Waals surface area contributed by atoms with Gasteiger partial charge in [0.15, 0.2) is 0 Å². The topological polar surface area (TPSA) is 63.3 Å². The second-order valence-corrected chi connectivity index (χ2v) is 2.33. The molecular weight excluding hydrogens is 118 g/mol. The third kappa shape index (κ3) is 107. The lowest BCUT2D eigenvalue weighted by Gasteiger charge is -1.79. The molecule has 0 rings (SSSR count). The van der Waals surface area contributed by atoms with Crippen LogP contribution in [0.2, 0.25) is 0 Å². The van der Waals surface area contributed by atoms with Crippen LogP contribution in [0, 0.1) is 5.92 Å². The van der Waals surface area contributed by atoms with Gasteiger partial charge < -0.3 is 10.8 Å². The molecule has 0 aliphatic heterocycles. The van der Waals surface area contributed by atoms with Crippen molar-refractivity contribution < 1.29 is 9.90 Å². The van der Waals surface area contributed by atoms with Gasteiger partial charge in [-0.3, -0.25) is 4.79 Å². The molecule has 0 amide bonds. The highest BCUT2D eigenvalue weighted by atomic mass is 16.4. The van der Waals surface area contributed by atoms with Gasteiger partial charge in [-0.2, -0.15) is 0 Å². The predicted molar refractivity (Wildman–Crippen MR) is 37.2 cm³/mol. The van der Waals surface area contributed by atoms with E-state index in [2.05, 4.69) is 26.5 Å². The molecule has 0 aromatic rings. The average molecular weight is 133 g/mol. The number of nitrogens with two attached hydrogens (primary N) is 1. The van der Waals surface area contributed by atoms with Gasteiger partial charge in [-0.1, -0.05) is 20.8 Å². The highest BCUT2D eigenvalue weighted by Crippen LogP contribution is 1.81. The minimum atomic E-state index is -0.968. The summed E-state index contributed by atoms with van der Waals surface area (Å²) in [5.41, 5.74) is 4.57. The molecule has 3 nitrogen and oxygen atoms in total. The highest BCUT2D eigenvalue weighted by molar-refractivity contribution is 5.68. The van der Waals surface area contributed by atoms with Gasteiger partial charge in [-0.05, 0) is 5.92 Å². The third-order valence-corrected chi connectivity index (χ3v) is 0.175. The van der Waals surface area contributed by atoms with Gasteiger partial charge in [0, 0.05) is 0 Å². The molecule has 0 atom stereocenters. The molecule has 0 aliphatic rings. The molecule has 0 bridgehead atoms. The first kappa shape index (κ1) is 11.3. The maximum atomic E-state index is 9.24. The molecule has 3 heteroatoms. The fraction of sp³-hybridized carbons (Fsp3) is 0.833. The largest absolute Gasteiger partial charge is 0.480 e. The molecule has 0 radical (unpaired) electrons. The minimum absolute atomic E-state index is 0.278. The Morgan fingerprint density at radius 1 is 1.56 bits per heavy atom. The first-order valence-electron chi connectivity index (χ1n) is 2.92. The number of aliphatic carboxylic acids is 1. The first-order valence-corrected chi connectivity index (χ1v) is 2.92. The van der Waals surface area contributed by atoms with Crippen LogP contribution in [0.15, 0.2) is 0 Å². The van der Waals surface area contributed by atoms with Crippen molar-refractivity contribution in [3.05, 3.63) is 0 Å². The monoisotopic (exact) mass is 133 g/mol. The van der Waals surface area contributed by atoms with Crippen molar-refractivity contribution in [1.29, 1.82) is 0 Å². The maximum Gasteiger partial charge on any atom is 0.317 e. The molecule has 3 N–H and O–H groups in total. The number of rotatable bonds is 1. The normalized spacial score (nSPS) is 8.11. The summed E-state index contributed by atoms with van der Waals surface area (Å²) in [5, 5.41) is 7.60. The van der Waals surface area contributed by atoms with E-state index in [9.17, 15) is 4.79 Å². The van der Waals surface area contributed by atoms with Gasteiger partial charge in [0.2, 0.25) is 0 Å². The summed E-state index contributed by atoms with van der Waals surface area (Å²) in [7, 11) is 0. The summed E-state index contributed by atoms with van der Waals surface area (Å²) in [6.07, 6.45) is 0. The second kappa shape index (κ2) is 7.43. The molecule has 0 aromatic carbocycles. The van der Waals surface area contributed by atoms with Gasteiger partial charge >= 0.3 is 5.97 Å². The Bertz CT molecular complexity index is 68.7. The summed E-state index contributed by atoms with van der Waals surface area (Å²) in [6.45, 7) is 6.22. The van der Waals surface area contributed by atoms with Crippen molar-refractivity contribution in [1.82, 2.24) is 0 Å². The van der Waals surface area contributed by atoms with Crippen LogP contribution >= 0.6 is 0 Å². The zero-order valence-electron chi connectivity index (χ0n) is 6.22. The molecule has 56 valence electrons. The Kier molecular flexibility index (Phi) is 9.29. The Balaban J connectivity index is 0. The Hall–Kier alpha value is -0.570. The van der Waals surface area contributed by atoms with E-state index in [1.807, 2.05) is 0 Å². The van der Waals surface area contributed by atoms with Crippen LogP contribution in [0.25, 0.3) is 0 Å². The summed E-state index contributed by atoms with van der Waals surface area (Å²) in [6, 6.07) is 0. The molecular formula is C6H15NO2. The first-order chi connectivity index (χ1) is 4.00. The second-order valence-electron chi connectivity index (χ2n) is 2.33. The fourth-order valence-corrected chi connectivity index (χ4v) is 0. The molecule has 0 fully saturated rings. The lowest BCUT2D eigenvalue weighted by atomic mass is 10.3. The van der Waals surface area contributed by atoms with Gasteiger partial charge in [-0.25, -0.2) is 0 Å². The smallest absolute Gasteiger partial charge is 0.317 e. The molecule has 0 aromatic heterocycles. The Morgan fingerprint density at radius 3 is 1.67 bits per heavy atom. The van der Waals surface area contributed by atoms with Gasteiger partial charge in [0.05, 0.1) is 6.54 Å². The lowest BCUT2D eigenvalue weighted by molar-refractivity contribution is -0.135. The van der Waals surface area contributed by atoms with Crippen LogP contribution in [0.1, 0.15) is 20.8 Å². The number of carbonyl (C=O) groups is 1. The van der Waals surface area contributed by atoms with Crippen molar-refractivity contribution in [3.63, 3.8) is 0 Å². The number of hydrogen-bond acceptors (Lipinski definition) is 2. The van der Waals surface area contributed by atoms with E-state index in [0.29, 0.717) is 0 Å². The lowest BCUT2D eigenvalue weighted by Crippen LogP contribution is -2.10. The summed E-state index contributed by atoms with van der Waals surface area (Å²) < 4.78 is 0. The zero-order valence-corrected chi connectivity index (χ0v) is 6.22. The van der Waals surface area contributed by atoms with Crippen molar-refractivity contribution in [2.75, 3.05) is 6.54 Å². The van der Waals surface area contributed by atoms with E-state index in [1.54, 1.807) is 0 Å². The van der Waals surface area contributed by atoms with Crippen molar-refractivity contribution in [3.8, 4) is 0 Å². The van der Waals surface area contributed by atoms with E-state index in [0.717, 1.165) is 5.92 Å². The van der Waals surface area contributed by atoms with Crippen molar-refractivity contribution in [2.45, 2.75) is 20.8 Å². The number of hydrogen-bond donors (Lipinski definition) is 2. The molecule has 9 heavy (non-hydrogen) atoms. The number of carboxylic acids is 1. The summed E-state index contributed by atoms with van der Waals surface area (Å²) in [5.74, 6) is -0.134. The fourth-order valence-electron chi connectivity index (χ4n) is 0. The van der Waals surface area contributed by atoms with Gasteiger partial charge in [-0.15, -0.1) is 0 Å². The summed E-state index contributed by atoms with van der Waals surface area (Å²) in [4.78, 5) is 9.24. The van der Waals surface area contributed by atoms with Crippen LogP contribution in [-0.2, 0) is 4.79 Å².